The lowest BCUT2D eigenvalue weighted by atomic mass is 10.2. The van der Waals surface area contributed by atoms with E-state index in [4.69, 9.17) is 0 Å². The standard InChI is InChI=1S/C15H16N8O/c1-11-14-19-6-12(8-21-10-17-9-20-21)23(14)5-4-22(11)15(24)13-7-16-2-3-18-13/h2-3,6-7,9-11H,4-5,8H2,1H3. The van der Waals surface area contributed by atoms with Gasteiger partial charge in [0.15, 0.2) is 0 Å². The molecule has 0 bridgehead atoms. The lowest BCUT2D eigenvalue weighted by Crippen LogP contribution is -2.42. The van der Waals surface area contributed by atoms with E-state index in [2.05, 4.69) is 29.6 Å². The number of hydrogen-bond donors (Lipinski definition) is 0. The van der Waals surface area contributed by atoms with Gasteiger partial charge in [0.1, 0.15) is 24.2 Å². The summed E-state index contributed by atoms with van der Waals surface area (Å²) in [5.74, 6) is 0.747. The summed E-state index contributed by atoms with van der Waals surface area (Å²) in [7, 11) is 0. The van der Waals surface area contributed by atoms with Crippen molar-refractivity contribution in [3.63, 3.8) is 0 Å². The highest BCUT2D eigenvalue weighted by atomic mass is 16.2. The van der Waals surface area contributed by atoms with Crippen LogP contribution in [0.1, 0.15) is 35.0 Å². The maximum absolute atomic E-state index is 12.6. The first-order valence-corrected chi connectivity index (χ1v) is 7.67. The molecule has 1 unspecified atom stereocenters. The molecule has 0 saturated carbocycles. The number of imidazole rings is 1. The topological polar surface area (TPSA) is 94.6 Å². The highest BCUT2D eigenvalue weighted by Gasteiger charge is 2.31. The van der Waals surface area contributed by atoms with Crippen molar-refractivity contribution in [3.8, 4) is 0 Å². The van der Waals surface area contributed by atoms with Gasteiger partial charge in [-0.05, 0) is 6.92 Å². The molecule has 3 aromatic rings. The van der Waals surface area contributed by atoms with Crippen LogP contribution in [-0.2, 0) is 13.1 Å². The second kappa shape index (κ2) is 5.84. The Morgan fingerprint density at radius 1 is 1.21 bits per heavy atom. The summed E-state index contributed by atoms with van der Waals surface area (Å²) >= 11 is 0. The van der Waals surface area contributed by atoms with Crippen molar-refractivity contribution >= 4 is 5.91 Å². The molecule has 1 aliphatic rings. The van der Waals surface area contributed by atoms with E-state index in [1.54, 1.807) is 22.1 Å². The van der Waals surface area contributed by atoms with Crippen LogP contribution in [0, 0.1) is 0 Å². The fraction of sp³-hybridized carbons (Fsp3) is 0.333. The molecule has 1 atom stereocenters. The molecule has 0 radical (unpaired) electrons. The summed E-state index contributed by atoms with van der Waals surface area (Å²) in [4.78, 5) is 31.0. The van der Waals surface area contributed by atoms with Gasteiger partial charge >= 0.3 is 0 Å². The number of carbonyl (C=O) groups is 1. The summed E-state index contributed by atoms with van der Waals surface area (Å²) in [6.45, 7) is 3.88. The van der Waals surface area contributed by atoms with Crippen LogP contribution in [0.3, 0.4) is 0 Å². The van der Waals surface area contributed by atoms with E-state index in [9.17, 15) is 4.79 Å². The van der Waals surface area contributed by atoms with Gasteiger partial charge in [0, 0.05) is 25.5 Å². The van der Waals surface area contributed by atoms with E-state index < -0.39 is 0 Å². The Labute approximate surface area is 138 Å². The smallest absolute Gasteiger partial charge is 0.274 e. The molecule has 0 aliphatic carbocycles. The minimum Gasteiger partial charge on any atom is -0.327 e. The van der Waals surface area contributed by atoms with Crippen molar-refractivity contribution in [2.45, 2.75) is 26.1 Å². The number of carbonyl (C=O) groups excluding carboxylic acids is 1. The third-order valence-corrected chi connectivity index (χ3v) is 4.21. The van der Waals surface area contributed by atoms with Gasteiger partial charge in [-0.1, -0.05) is 0 Å². The van der Waals surface area contributed by atoms with Gasteiger partial charge in [-0.2, -0.15) is 5.10 Å². The van der Waals surface area contributed by atoms with Crippen molar-refractivity contribution in [2.75, 3.05) is 6.54 Å². The number of amides is 1. The Balaban J connectivity index is 1.58. The van der Waals surface area contributed by atoms with Gasteiger partial charge in [-0.15, -0.1) is 0 Å². The minimum absolute atomic E-state index is 0.123. The molecule has 1 aliphatic heterocycles. The maximum Gasteiger partial charge on any atom is 0.274 e. The highest BCUT2D eigenvalue weighted by molar-refractivity contribution is 5.92. The van der Waals surface area contributed by atoms with Crippen molar-refractivity contribution < 1.29 is 4.79 Å². The normalized spacial score (nSPS) is 16.9. The average Bonchev–Trinajstić information content (AvgIpc) is 3.27. The monoisotopic (exact) mass is 324 g/mol. The zero-order valence-corrected chi connectivity index (χ0v) is 13.1. The van der Waals surface area contributed by atoms with Crippen LogP contribution in [-0.4, -0.2) is 51.6 Å². The number of hydrogen-bond acceptors (Lipinski definition) is 6. The Morgan fingerprint density at radius 2 is 2.12 bits per heavy atom. The van der Waals surface area contributed by atoms with Crippen molar-refractivity contribution in [1.29, 1.82) is 0 Å². The number of rotatable bonds is 3. The lowest BCUT2D eigenvalue weighted by Gasteiger charge is -2.34. The number of nitrogens with zero attached hydrogens (tertiary/aromatic N) is 8. The minimum atomic E-state index is -0.127. The summed E-state index contributed by atoms with van der Waals surface area (Å²) < 4.78 is 3.90. The third-order valence-electron chi connectivity index (χ3n) is 4.21. The first-order chi connectivity index (χ1) is 11.7. The van der Waals surface area contributed by atoms with Crippen molar-refractivity contribution in [2.24, 2.45) is 0 Å². The van der Waals surface area contributed by atoms with Gasteiger partial charge in [0.25, 0.3) is 5.91 Å². The van der Waals surface area contributed by atoms with Crippen LogP contribution >= 0.6 is 0 Å². The van der Waals surface area contributed by atoms with Gasteiger partial charge < -0.3 is 9.47 Å². The molecule has 1 amide bonds. The SMILES string of the molecule is CC1c2ncc(Cn3cncn3)n2CCN1C(=O)c1cnccn1. The molecule has 4 heterocycles. The summed E-state index contributed by atoms with van der Waals surface area (Å²) in [5.41, 5.74) is 1.40. The zero-order chi connectivity index (χ0) is 16.5. The fourth-order valence-corrected chi connectivity index (χ4v) is 3.00. The second-order valence-corrected chi connectivity index (χ2v) is 5.62. The Morgan fingerprint density at radius 3 is 2.88 bits per heavy atom. The highest BCUT2D eigenvalue weighted by Crippen LogP contribution is 2.26. The fourth-order valence-electron chi connectivity index (χ4n) is 3.00. The van der Waals surface area contributed by atoms with Crippen LogP contribution in [0.15, 0.2) is 37.4 Å². The molecule has 3 aromatic heterocycles. The summed E-state index contributed by atoms with van der Waals surface area (Å²) in [5, 5.41) is 4.13. The number of aromatic nitrogens is 7. The molecule has 24 heavy (non-hydrogen) atoms. The van der Waals surface area contributed by atoms with Gasteiger partial charge in [-0.25, -0.2) is 19.6 Å². The molecule has 0 spiro atoms. The molecule has 122 valence electrons. The largest absolute Gasteiger partial charge is 0.327 e. The Hall–Kier alpha value is -3.10. The van der Waals surface area contributed by atoms with E-state index in [0.29, 0.717) is 25.3 Å². The van der Waals surface area contributed by atoms with Crippen LogP contribution < -0.4 is 0 Å². The van der Waals surface area contributed by atoms with Gasteiger partial charge in [0.2, 0.25) is 0 Å². The van der Waals surface area contributed by atoms with E-state index in [1.165, 1.54) is 18.7 Å². The van der Waals surface area contributed by atoms with Crippen LogP contribution in [0.2, 0.25) is 0 Å². The lowest BCUT2D eigenvalue weighted by molar-refractivity contribution is 0.0629. The summed E-state index contributed by atoms with van der Waals surface area (Å²) in [6.07, 6.45) is 9.60. The molecule has 4 rings (SSSR count). The molecule has 0 aromatic carbocycles. The van der Waals surface area contributed by atoms with E-state index >= 15 is 0 Å². The van der Waals surface area contributed by atoms with E-state index in [0.717, 1.165) is 11.5 Å². The zero-order valence-electron chi connectivity index (χ0n) is 13.1. The van der Waals surface area contributed by atoms with E-state index in [1.807, 2.05) is 13.1 Å². The Bertz CT molecular complexity index is 842. The number of fused-ring (bicyclic) bond motifs is 1. The van der Waals surface area contributed by atoms with Gasteiger partial charge in [-0.3, -0.25) is 9.78 Å². The van der Waals surface area contributed by atoms with E-state index in [-0.39, 0.29) is 11.9 Å². The molecular formula is C15H16N8O. The van der Waals surface area contributed by atoms with Crippen molar-refractivity contribution in [1.82, 2.24) is 39.2 Å². The first-order valence-electron chi connectivity index (χ1n) is 7.67. The molecule has 0 fully saturated rings. The van der Waals surface area contributed by atoms with Crippen molar-refractivity contribution in [3.05, 3.63) is 54.7 Å². The van der Waals surface area contributed by atoms with Crippen LogP contribution in [0.4, 0.5) is 0 Å². The van der Waals surface area contributed by atoms with Crippen LogP contribution in [0.5, 0.6) is 0 Å². The molecule has 9 nitrogen and oxygen atoms in total. The first kappa shape index (κ1) is 14.5. The Kier molecular flexibility index (Phi) is 3.52. The maximum atomic E-state index is 12.6. The molecule has 0 N–H and O–H groups in total. The quantitative estimate of drug-likeness (QED) is 0.697. The van der Waals surface area contributed by atoms with Crippen LogP contribution in [0.25, 0.3) is 0 Å². The third kappa shape index (κ3) is 2.43. The molecular weight excluding hydrogens is 308 g/mol. The average molecular weight is 324 g/mol. The van der Waals surface area contributed by atoms with Gasteiger partial charge in [0.05, 0.1) is 30.7 Å². The predicted octanol–water partition coefficient (Wildman–Crippen LogP) is 0.530. The predicted molar refractivity (Wildman–Crippen MR) is 82.8 cm³/mol. The summed E-state index contributed by atoms with van der Waals surface area (Å²) in [6, 6.07) is -0.127. The molecule has 9 heteroatoms. The second-order valence-electron chi connectivity index (χ2n) is 5.62. The molecule has 0 saturated heterocycles.